The van der Waals surface area contributed by atoms with Crippen LogP contribution in [0.2, 0.25) is 0 Å². The zero-order valence-electron chi connectivity index (χ0n) is 16.7. The Balaban J connectivity index is 1.53. The maximum Gasteiger partial charge on any atom is 0.268 e. The Hall–Kier alpha value is -3.12. The van der Waals surface area contributed by atoms with Crippen LogP contribution in [-0.2, 0) is 6.67 Å². The number of hydrogen-bond acceptors (Lipinski definition) is 5. The van der Waals surface area contributed by atoms with Crippen molar-refractivity contribution in [2.75, 3.05) is 27.3 Å². The van der Waals surface area contributed by atoms with Crippen molar-refractivity contribution in [2.45, 2.75) is 19.0 Å². The van der Waals surface area contributed by atoms with E-state index in [9.17, 15) is 4.79 Å². The van der Waals surface area contributed by atoms with Crippen LogP contribution in [0.4, 0.5) is 0 Å². The molecule has 150 valence electrons. The Morgan fingerprint density at radius 2 is 1.79 bits per heavy atom. The van der Waals surface area contributed by atoms with Gasteiger partial charge < -0.3 is 9.47 Å². The van der Waals surface area contributed by atoms with Crippen LogP contribution in [0.3, 0.4) is 0 Å². The van der Waals surface area contributed by atoms with Crippen LogP contribution in [0.25, 0.3) is 11.3 Å². The summed E-state index contributed by atoms with van der Waals surface area (Å²) in [6.45, 7) is 2.37. The minimum absolute atomic E-state index is 0.0996. The van der Waals surface area contributed by atoms with Gasteiger partial charge in [-0.25, -0.2) is 4.68 Å². The Morgan fingerprint density at radius 1 is 1.00 bits per heavy atom. The van der Waals surface area contributed by atoms with Crippen LogP contribution in [-0.4, -0.2) is 42.0 Å². The fourth-order valence-electron chi connectivity index (χ4n) is 3.85. The van der Waals surface area contributed by atoms with E-state index in [1.165, 1.54) is 5.56 Å². The minimum Gasteiger partial charge on any atom is -0.493 e. The van der Waals surface area contributed by atoms with E-state index in [0.717, 1.165) is 30.8 Å². The highest BCUT2D eigenvalue weighted by Crippen LogP contribution is 2.31. The summed E-state index contributed by atoms with van der Waals surface area (Å²) in [4.78, 5) is 14.7. The quantitative estimate of drug-likeness (QED) is 0.645. The van der Waals surface area contributed by atoms with Crippen LogP contribution >= 0.6 is 0 Å². The summed E-state index contributed by atoms with van der Waals surface area (Å²) in [5.74, 6) is 1.80. The van der Waals surface area contributed by atoms with Crippen LogP contribution < -0.4 is 15.0 Å². The fraction of sp³-hybridized carbons (Fsp3) is 0.304. The number of methoxy groups -OCH3 is 2. The lowest BCUT2D eigenvalue weighted by Gasteiger charge is -2.17. The van der Waals surface area contributed by atoms with Crippen molar-refractivity contribution in [2.24, 2.45) is 0 Å². The molecule has 1 aromatic heterocycles. The molecule has 29 heavy (non-hydrogen) atoms. The van der Waals surface area contributed by atoms with E-state index in [4.69, 9.17) is 9.47 Å². The number of aromatic nitrogens is 2. The molecule has 1 aliphatic heterocycles. The molecule has 1 saturated heterocycles. The number of hydrogen-bond donors (Lipinski definition) is 0. The van der Waals surface area contributed by atoms with Gasteiger partial charge in [0.1, 0.15) is 0 Å². The normalized spacial score (nSPS) is 16.7. The maximum atomic E-state index is 12.4. The first-order valence-electron chi connectivity index (χ1n) is 9.76. The van der Waals surface area contributed by atoms with Gasteiger partial charge in [0, 0.05) is 24.7 Å². The summed E-state index contributed by atoms with van der Waals surface area (Å²) in [5.41, 5.74) is 2.86. The monoisotopic (exact) mass is 391 g/mol. The molecule has 6 heteroatoms. The van der Waals surface area contributed by atoms with Crippen molar-refractivity contribution in [1.29, 1.82) is 0 Å². The zero-order chi connectivity index (χ0) is 20.2. The molecule has 0 bridgehead atoms. The second-order valence-electron chi connectivity index (χ2n) is 7.24. The topological polar surface area (TPSA) is 56.6 Å². The minimum atomic E-state index is -0.0996. The number of likely N-dealkylation sites (tertiary alicyclic amines) is 1. The van der Waals surface area contributed by atoms with Crippen LogP contribution in [0, 0.1) is 0 Å². The van der Waals surface area contributed by atoms with Crippen molar-refractivity contribution in [3.8, 4) is 22.8 Å². The van der Waals surface area contributed by atoms with E-state index in [0.29, 0.717) is 24.1 Å². The van der Waals surface area contributed by atoms with E-state index < -0.39 is 0 Å². The zero-order valence-corrected chi connectivity index (χ0v) is 16.7. The van der Waals surface area contributed by atoms with E-state index in [2.05, 4.69) is 34.3 Å². The SMILES string of the molecule is COc1ccc(-c2ccc(=O)n(CN3CCC(c4ccccc4)C3)n2)cc1OC. The molecule has 1 fully saturated rings. The highest BCUT2D eigenvalue weighted by Gasteiger charge is 2.24. The molecule has 1 atom stereocenters. The second kappa shape index (κ2) is 8.49. The maximum absolute atomic E-state index is 12.4. The standard InChI is InChI=1S/C23H25N3O3/c1-28-21-10-8-18(14-22(21)29-2)20-9-11-23(27)26(24-20)16-25-13-12-19(15-25)17-6-4-3-5-7-17/h3-11,14,19H,12-13,15-16H2,1-2H3. The first-order chi connectivity index (χ1) is 14.2. The average molecular weight is 391 g/mol. The average Bonchev–Trinajstić information content (AvgIpc) is 3.24. The van der Waals surface area contributed by atoms with Crippen molar-refractivity contribution in [3.05, 3.63) is 76.6 Å². The molecule has 0 radical (unpaired) electrons. The molecule has 0 N–H and O–H groups in total. The second-order valence-corrected chi connectivity index (χ2v) is 7.24. The molecule has 0 spiro atoms. The summed E-state index contributed by atoms with van der Waals surface area (Å²) in [6, 6.07) is 19.5. The van der Waals surface area contributed by atoms with Crippen molar-refractivity contribution in [1.82, 2.24) is 14.7 Å². The summed E-state index contributed by atoms with van der Waals surface area (Å²) >= 11 is 0. The van der Waals surface area contributed by atoms with Gasteiger partial charge in [0.15, 0.2) is 11.5 Å². The third kappa shape index (κ3) is 4.17. The molecule has 1 unspecified atom stereocenters. The highest BCUT2D eigenvalue weighted by atomic mass is 16.5. The molecule has 0 saturated carbocycles. The first-order valence-corrected chi connectivity index (χ1v) is 9.76. The van der Waals surface area contributed by atoms with Crippen molar-refractivity contribution in [3.63, 3.8) is 0 Å². The molecule has 4 rings (SSSR count). The Morgan fingerprint density at radius 3 is 2.55 bits per heavy atom. The Bertz CT molecular complexity index is 1030. The van der Waals surface area contributed by atoms with Gasteiger partial charge >= 0.3 is 0 Å². The number of benzene rings is 2. The molecule has 6 nitrogen and oxygen atoms in total. The summed E-state index contributed by atoms with van der Waals surface area (Å²) < 4.78 is 12.2. The van der Waals surface area contributed by atoms with Crippen LogP contribution in [0.1, 0.15) is 17.9 Å². The first kappa shape index (κ1) is 19.2. The summed E-state index contributed by atoms with van der Waals surface area (Å²) in [6.07, 6.45) is 1.09. The van der Waals surface area contributed by atoms with E-state index >= 15 is 0 Å². The summed E-state index contributed by atoms with van der Waals surface area (Å²) in [7, 11) is 3.21. The van der Waals surface area contributed by atoms with Gasteiger partial charge in [-0.2, -0.15) is 5.10 Å². The van der Waals surface area contributed by atoms with Gasteiger partial charge in [-0.1, -0.05) is 30.3 Å². The van der Waals surface area contributed by atoms with E-state index in [1.807, 2.05) is 24.3 Å². The number of rotatable bonds is 6. The predicted octanol–water partition coefficient (Wildman–Crippen LogP) is 3.37. The smallest absolute Gasteiger partial charge is 0.268 e. The third-order valence-corrected chi connectivity index (χ3v) is 5.42. The molecular weight excluding hydrogens is 366 g/mol. The van der Waals surface area contributed by atoms with E-state index in [1.54, 1.807) is 31.0 Å². The number of ether oxygens (including phenoxy) is 2. The lowest BCUT2D eigenvalue weighted by Crippen LogP contribution is -2.32. The fourth-order valence-corrected chi connectivity index (χ4v) is 3.85. The summed E-state index contributed by atoms with van der Waals surface area (Å²) in [5, 5.41) is 4.60. The van der Waals surface area contributed by atoms with Gasteiger partial charge in [-0.15, -0.1) is 0 Å². The number of nitrogens with zero attached hydrogens (tertiary/aromatic N) is 3. The lowest BCUT2D eigenvalue weighted by atomic mass is 9.99. The molecule has 1 aliphatic rings. The van der Waals surface area contributed by atoms with Gasteiger partial charge in [-0.05, 0) is 42.2 Å². The molecular formula is C23H25N3O3. The van der Waals surface area contributed by atoms with Crippen LogP contribution in [0.5, 0.6) is 11.5 Å². The van der Waals surface area contributed by atoms with Crippen molar-refractivity contribution >= 4 is 0 Å². The lowest BCUT2D eigenvalue weighted by molar-refractivity contribution is 0.246. The Labute approximate surface area is 170 Å². The molecule has 2 heterocycles. The molecule has 0 amide bonds. The molecule has 2 aromatic carbocycles. The largest absolute Gasteiger partial charge is 0.493 e. The predicted molar refractivity (Wildman–Crippen MR) is 112 cm³/mol. The Kier molecular flexibility index (Phi) is 5.62. The third-order valence-electron chi connectivity index (χ3n) is 5.42. The van der Waals surface area contributed by atoms with E-state index in [-0.39, 0.29) is 5.56 Å². The van der Waals surface area contributed by atoms with Gasteiger partial charge in [-0.3, -0.25) is 9.69 Å². The van der Waals surface area contributed by atoms with Gasteiger partial charge in [0.05, 0.1) is 26.6 Å². The van der Waals surface area contributed by atoms with Gasteiger partial charge in [0.2, 0.25) is 0 Å². The highest BCUT2D eigenvalue weighted by molar-refractivity contribution is 5.63. The van der Waals surface area contributed by atoms with Crippen LogP contribution in [0.15, 0.2) is 65.5 Å². The molecule has 0 aliphatic carbocycles. The van der Waals surface area contributed by atoms with Gasteiger partial charge in [0.25, 0.3) is 5.56 Å². The molecule has 3 aromatic rings. The van der Waals surface area contributed by atoms with Crippen molar-refractivity contribution < 1.29 is 9.47 Å².